The third-order valence-corrected chi connectivity index (χ3v) is 4.68. The molecule has 0 aromatic heterocycles. The molecule has 2 aliphatic rings. The number of hydrogen-bond acceptors (Lipinski definition) is 3. The number of nitrogens with one attached hydrogen (secondary N) is 2. The summed E-state index contributed by atoms with van der Waals surface area (Å²) in [5.41, 5.74) is 0. The van der Waals surface area contributed by atoms with E-state index in [4.69, 9.17) is 0 Å². The average Bonchev–Trinajstić information content (AvgIpc) is 2.46. The van der Waals surface area contributed by atoms with Crippen molar-refractivity contribution in [1.82, 2.24) is 15.5 Å². The molecule has 2 atom stereocenters. The van der Waals surface area contributed by atoms with Crippen LogP contribution in [-0.2, 0) is 4.79 Å². The highest BCUT2D eigenvalue weighted by atomic mass is 35.5. The number of carbonyl (C=O) groups excluding carboxylic acids is 1. The lowest BCUT2D eigenvalue weighted by molar-refractivity contribution is -0.125. The second kappa shape index (κ2) is 10.7. The molecule has 2 fully saturated rings. The lowest BCUT2D eigenvalue weighted by Crippen LogP contribution is -2.48. The van der Waals surface area contributed by atoms with Crippen LogP contribution in [0.3, 0.4) is 0 Å². The molecule has 2 heterocycles. The summed E-state index contributed by atoms with van der Waals surface area (Å²) < 4.78 is 0. The Bertz CT molecular complexity index is 291. The van der Waals surface area contributed by atoms with Crippen molar-refractivity contribution >= 4 is 30.7 Å². The normalized spacial score (nSPS) is 25.3. The van der Waals surface area contributed by atoms with Crippen molar-refractivity contribution in [3.63, 3.8) is 0 Å². The van der Waals surface area contributed by atoms with Gasteiger partial charge in [-0.15, -0.1) is 24.8 Å². The first-order valence-electron chi connectivity index (χ1n) is 7.89. The largest absolute Gasteiger partial charge is 0.354 e. The SMILES string of the molecule is CC1CCN(C(C)CNC(=O)C2CCCNC2)CC1.Cl.Cl. The second-order valence-corrected chi connectivity index (χ2v) is 6.36. The zero-order valence-electron chi connectivity index (χ0n) is 13.3. The van der Waals surface area contributed by atoms with E-state index in [1.54, 1.807) is 0 Å². The van der Waals surface area contributed by atoms with Gasteiger partial charge in [0, 0.05) is 19.1 Å². The van der Waals surface area contributed by atoms with E-state index in [2.05, 4.69) is 29.4 Å². The summed E-state index contributed by atoms with van der Waals surface area (Å²) >= 11 is 0. The number of rotatable bonds is 4. The van der Waals surface area contributed by atoms with Gasteiger partial charge >= 0.3 is 0 Å². The summed E-state index contributed by atoms with van der Waals surface area (Å²) in [5, 5.41) is 6.44. The molecule has 0 aromatic rings. The maximum absolute atomic E-state index is 12.1. The van der Waals surface area contributed by atoms with Crippen LogP contribution in [0.25, 0.3) is 0 Å². The summed E-state index contributed by atoms with van der Waals surface area (Å²) in [6, 6.07) is 0.466. The Morgan fingerprint density at radius 3 is 2.52 bits per heavy atom. The van der Waals surface area contributed by atoms with Crippen LogP contribution in [-0.4, -0.2) is 49.6 Å². The van der Waals surface area contributed by atoms with E-state index in [9.17, 15) is 4.79 Å². The highest BCUT2D eigenvalue weighted by molar-refractivity contribution is 5.85. The summed E-state index contributed by atoms with van der Waals surface area (Å²) in [6.07, 6.45) is 4.75. The van der Waals surface area contributed by atoms with Gasteiger partial charge in [0.25, 0.3) is 0 Å². The minimum Gasteiger partial charge on any atom is -0.354 e. The van der Waals surface area contributed by atoms with Gasteiger partial charge in [-0.2, -0.15) is 0 Å². The van der Waals surface area contributed by atoms with E-state index in [-0.39, 0.29) is 36.6 Å². The third kappa shape index (κ3) is 6.72. The van der Waals surface area contributed by atoms with E-state index in [1.807, 2.05) is 0 Å². The second-order valence-electron chi connectivity index (χ2n) is 6.36. The number of amides is 1. The molecule has 2 saturated heterocycles. The van der Waals surface area contributed by atoms with Crippen molar-refractivity contribution in [2.75, 3.05) is 32.7 Å². The summed E-state index contributed by atoms with van der Waals surface area (Å²) in [5.74, 6) is 1.29. The Kier molecular flexibility index (Phi) is 10.6. The first kappa shape index (κ1) is 21.0. The molecule has 1 amide bonds. The molecule has 2 N–H and O–H groups in total. The Labute approximate surface area is 141 Å². The number of piperidine rings is 2. The van der Waals surface area contributed by atoms with Crippen LogP contribution in [0.5, 0.6) is 0 Å². The molecule has 6 heteroatoms. The van der Waals surface area contributed by atoms with Crippen molar-refractivity contribution < 1.29 is 4.79 Å². The molecule has 0 spiro atoms. The maximum atomic E-state index is 12.1. The van der Waals surface area contributed by atoms with Crippen LogP contribution in [0, 0.1) is 11.8 Å². The van der Waals surface area contributed by atoms with Crippen LogP contribution in [0.4, 0.5) is 0 Å². The maximum Gasteiger partial charge on any atom is 0.224 e. The molecule has 126 valence electrons. The van der Waals surface area contributed by atoms with Crippen LogP contribution in [0.2, 0.25) is 0 Å². The molecule has 0 aromatic carbocycles. The standard InChI is InChI=1S/C15H29N3O.2ClH/c1-12-5-8-18(9-6-12)13(2)10-17-15(19)14-4-3-7-16-11-14;;/h12-14,16H,3-11H2,1-2H3,(H,17,19);2*1H. The van der Waals surface area contributed by atoms with Gasteiger partial charge in [-0.3, -0.25) is 9.69 Å². The van der Waals surface area contributed by atoms with E-state index in [1.165, 1.54) is 25.9 Å². The van der Waals surface area contributed by atoms with Gasteiger partial charge < -0.3 is 10.6 Å². The highest BCUT2D eigenvalue weighted by Crippen LogP contribution is 2.17. The zero-order valence-corrected chi connectivity index (χ0v) is 14.9. The smallest absolute Gasteiger partial charge is 0.224 e. The van der Waals surface area contributed by atoms with Gasteiger partial charge in [0.2, 0.25) is 5.91 Å². The van der Waals surface area contributed by atoms with Crippen LogP contribution in [0.15, 0.2) is 0 Å². The summed E-state index contributed by atoms with van der Waals surface area (Å²) in [7, 11) is 0. The number of carbonyl (C=O) groups is 1. The Balaban J connectivity index is 0.00000200. The molecule has 21 heavy (non-hydrogen) atoms. The molecule has 0 saturated carbocycles. The van der Waals surface area contributed by atoms with Gasteiger partial charge in [-0.25, -0.2) is 0 Å². The fourth-order valence-corrected chi connectivity index (χ4v) is 3.07. The first-order chi connectivity index (χ1) is 9.16. The third-order valence-electron chi connectivity index (χ3n) is 4.68. The van der Waals surface area contributed by atoms with Gasteiger partial charge in [-0.1, -0.05) is 6.92 Å². The molecular formula is C15H31Cl2N3O. The van der Waals surface area contributed by atoms with Crippen LogP contribution in [0.1, 0.15) is 39.5 Å². The minimum absolute atomic E-state index is 0. The van der Waals surface area contributed by atoms with Crippen molar-refractivity contribution in [2.45, 2.75) is 45.6 Å². The molecule has 0 radical (unpaired) electrons. The molecule has 4 nitrogen and oxygen atoms in total. The van der Waals surface area contributed by atoms with Crippen LogP contribution < -0.4 is 10.6 Å². The summed E-state index contributed by atoms with van der Waals surface area (Å²) in [6.45, 7) is 9.64. The highest BCUT2D eigenvalue weighted by Gasteiger charge is 2.23. The monoisotopic (exact) mass is 339 g/mol. The molecule has 0 aliphatic carbocycles. The Morgan fingerprint density at radius 1 is 1.29 bits per heavy atom. The lowest BCUT2D eigenvalue weighted by Gasteiger charge is -2.35. The predicted molar refractivity (Wildman–Crippen MR) is 92.5 cm³/mol. The number of likely N-dealkylation sites (tertiary alicyclic amines) is 1. The van der Waals surface area contributed by atoms with E-state index in [0.717, 1.165) is 38.4 Å². The number of halogens is 2. The topological polar surface area (TPSA) is 44.4 Å². The Hall–Kier alpha value is -0.0300. The molecule has 2 aliphatic heterocycles. The Morgan fingerprint density at radius 2 is 1.95 bits per heavy atom. The minimum atomic E-state index is 0. The lowest BCUT2D eigenvalue weighted by atomic mass is 9.97. The molecule has 2 unspecified atom stereocenters. The first-order valence-corrected chi connectivity index (χ1v) is 7.89. The summed E-state index contributed by atoms with van der Waals surface area (Å²) in [4.78, 5) is 14.6. The number of hydrogen-bond donors (Lipinski definition) is 2. The van der Waals surface area contributed by atoms with Gasteiger partial charge in [0.15, 0.2) is 0 Å². The zero-order chi connectivity index (χ0) is 13.7. The van der Waals surface area contributed by atoms with Gasteiger partial charge in [0.05, 0.1) is 5.92 Å². The van der Waals surface area contributed by atoms with E-state index in [0.29, 0.717) is 6.04 Å². The van der Waals surface area contributed by atoms with Gasteiger partial charge in [0.1, 0.15) is 0 Å². The van der Waals surface area contributed by atoms with Crippen molar-refractivity contribution in [3.8, 4) is 0 Å². The fourth-order valence-electron chi connectivity index (χ4n) is 3.07. The predicted octanol–water partition coefficient (Wildman–Crippen LogP) is 2.07. The average molecular weight is 340 g/mol. The van der Waals surface area contributed by atoms with Crippen molar-refractivity contribution in [3.05, 3.63) is 0 Å². The van der Waals surface area contributed by atoms with E-state index >= 15 is 0 Å². The molecule has 0 bridgehead atoms. The van der Waals surface area contributed by atoms with Gasteiger partial charge in [-0.05, 0) is 58.2 Å². The quantitative estimate of drug-likeness (QED) is 0.823. The van der Waals surface area contributed by atoms with Crippen molar-refractivity contribution in [1.29, 1.82) is 0 Å². The van der Waals surface area contributed by atoms with Crippen LogP contribution >= 0.6 is 24.8 Å². The molecule has 2 rings (SSSR count). The number of nitrogens with zero attached hydrogens (tertiary/aromatic N) is 1. The fraction of sp³-hybridized carbons (Fsp3) is 0.933. The van der Waals surface area contributed by atoms with Crippen molar-refractivity contribution in [2.24, 2.45) is 11.8 Å². The van der Waals surface area contributed by atoms with E-state index < -0.39 is 0 Å². The molecular weight excluding hydrogens is 309 g/mol.